The summed E-state index contributed by atoms with van der Waals surface area (Å²) < 4.78 is 2.14. The van der Waals surface area contributed by atoms with Crippen LogP contribution in [-0.2, 0) is 0 Å². The van der Waals surface area contributed by atoms with Gasteiger partial charge in [-0.05, 0) is 49.3 Å². The summed E-state index contributed by atoms with van der Waals surface area (Å²) in [5.41, 5.74) is 1.58. The Balaban J connectivity index is 1.41. The number of aromatic nitrogens is 3. The SMILES string of the molecule is Clc1cccc(Sc2cnc(N3CCC4(CCCC4)CC3)n3ccnc23)c1. The normalized spacial score (nSPS) is 19.2. The summed E-state index contributed by atoms with van der Waals surface area (Å²) in [6.45, 7) is 2.20. The molecule has 1 saturated carbocycles. The van der Waals surface area contributed by atoms with Gasteiger partial charge in [0.1, 0.15) is 0 Å². The van der Waals surface area contributed by atoms with Crippen LogP contribution < -0.4 is 4.90 Å². The van der Waals surface area contributed by atoms with Crippen molar-refractivity contribution in [3.63, 3.8) is 0 Å². The minimum atomic E-state index is 0.618. The molecule has 1 spiro atoms. The second-order valence-corrected chi connectivity index (χ2v) is 9.35. The largest absolute Gasteiger partial charge is 0.342 e. The van der Waals surface area contributed by atoms with Crippen LogP contribution in [0.25, 0.3) is 5.65 Å². The minimum absolute atomic E-state index is 0.618. The molecule has 0 amide bonds. The van der Waals surface area contributed by atoms with E-state index in [0.29, 0.717) is 5.41 Å². The van der Waals surface area contributed by atoms with Crippen LogP contribution in [0.3, 0.4) is 0 Å². The topological polar surface area (TPSA) is 33.4 Å². The molecule has 1 aromatic carbocycles. The van der Waals surface area contributed by atoms with Crippen molar-refractivity contribution in [2.24, 2.45) is 5.41 Å². The first-order valence-electron chi connectivity index (χ1n) is 9.73. The second kappa shape index (κ2) is 7.02. The zero-order valence-electron chi connectivity index (χ0n) is 15.3. The van der Waals surface area contributed by atoms with Crippen LogP contribution >= 0.6 is 23.4 Å². The minimum Gasteiger partial charge on any atom is -0.342 e. The number of imidazole rings is 1. The number of anilines is 1. The fourth-order valence-electron chi connectivity index (χ4n) is 4.65. The molecule has 6 heteroatoms. The Bertz CT molecular complexity index is 954. The maximum absolute atomic E-state index is 6.13. The molecule has 1 aliphatic heterocycles. The Morgan fingerprint density at radius 3 is 2.63 bits per heavy atom. The van der Waals surface area contributed by atoms with Crippen molar-refractivity contribution in [3.8, 4) is 0 Å². The van der Waals surface area contributed by atoms with Crippen molar-refractivity contribution in [2.75, 3.05) is 18.0 Å². The molecule has 1 aliphatic carbocycles. The van der Waals surface area contributed by atoms with E-state index < -0.39 is 0 Å². The van der Waals surface area contributed by atoms with E-state index in [1.807, 2.05) is 36.8 Å². The standard InChI is InChI=1S/C21H23ClN4S/c22-16-4-3-5-17(14-16)27-18-15-24-20(26-13-10-23-19(18)26)25-11-8-21(9-12-25)6-1-2-7-21/h3-5,10,13-15H,1-2,6-9,11-12H2. The molecule has 2 fully saturated rings. The summed E-state index contributed by atoms with van der Waals surface area (Å²) in [5.74, 6) is 1.02. The second-order valence-electron chi connectivity index (χ2n) is 7.80. The molecular weight excluding hydrogens is 376 g/mol. The maximum atomic E-state index is 6.13. The molecule has 0 atom stereocenters. The molecule has 140 valence electrons. The van der Waals surface area contributed by atoms with Crippen molar-refractivity contribution >= 4 is 35.0 Å². The molecule has 4 nitrogen and oxygen atoms in total. The third-order valence-corrected chi connectivity index (χ3v) is 7.40. The van der Waals surface area contributed by atoms with Gasteiger partial charge in [0.25, 0.3) is 0 Å². The average molecular weight is 399 g/mol. The summed E-state index contributed by atoms with van der Waals surface area (Å²) >= 11 is 7.79. The quantitative estimate of drug-likeness (QED) is 0.567. The van der Waals surface area contributed by atoms with E-state index in [0.717, 1.165) is 39.5 Å². The molecule has 3 aromatic rings. The van der Waals surface area contributed by atoms with Crippen LogP contribution in [-0.4, -0.2) is 27.5 Å². The highest BCUT2D eigenvalue weighted by Crippen LogP contribution is 2.46. The van der Waals surface area contributed by atoms with E-state index in [1.54, 1.807) is 11.8 Å². The summed E-state index contributed by atoms with van der Waals surface area (Å²) in [7, 11) is 0. The van der Waals surface area contributed by atoms with E-state index in [9.17, 15) is 0 Å². The predicted octanol–water partition coefficient (Wildman–Crippen LogP) is 5.69. The smallest absolute Gasteiger partial charge is 0.211 e. The van der Waals surface area contributed by atoms with E-state index >= 15 is 0 Å². The van der Waals surface area contributed by atoms with Gasteiger partial charge in [0, 0.05) is 41.6 Å². The lowest BCUT2D eigenvalue weighted by Crippen LogP contribution is -2.40. The van der Waals surface area contributed by atoms with Gasteiger partial charge in [-0.3, -0.25) is 4.40 Å². The summed E-state index contributed by atoms with van der Waals surface area (Å²) in [6, 6.07) is 7.91. The molecule has 2 aromatic heterocycles. The molecule has 0 bridgehead atoms. The fourth-order valence-corrected chi connectivity index (χ4v) is 5.84. The molecule has 0 unspecified atom stereocenters. The summed E-state index contributed by atoms with van der Waals surface area (Å²) in [4.78, 5) is 14.0. The van der Waals surface area contributed by atoms with Gasteiger partial charge in [-0.1, -0.05) is 42.3 Å². The zero-order valence-corrected chi connectivity index (χ0v) is 16.8. The Labute approximate surface area is 169 Å². The lowest BCUT2D eigenvalue weighted by Gasteiger charge is -2.39. The van der Waals surface area contributed by atoms with Crippen LogP contribution in [0.1, 0.15) is 38.5 Å². The van der Waals surface area contributed by atoms with Gasteiger partial charge >= 0.3 is 0 Å². The maximum Gasteiger partial charge on any atom is 0.211 e. The van der Waals surface area contributed by atoms with Gasteiger partial charge in [0.15, 0.2) is 5.65 Å². The Morgan fingerprint density at radius 2 is 1.85 bits per heavy atom. The van der Waals surface area contributed by atoms with Gasteiger partial charge in [-0.15, -0.1) is 0 Å². The van der Waals surface area contributed by atoms with Crippen molar-refractivity contribution in [3.05, 3.63) is 47.9 Å². The number of halogens is 1. The van der Waals surface area contributed by atoms with Crippen LogP contribution in [0.2, 0.25) is 5.02 Å². The van der Waals surface area contributed by atoms with E-state index in [1.165, 1.54) is 38.5 Å². The third kappa shape index (κ3) is 3.32. The summed E-state index contributed by atoms with van der Waals surface area (Å²) in [5, 5.41) is 0.748. The molecular formula is C21H23ClN4S. The summed E-state index contributed by atoms with van der Waals surface area (Å²) in [6.07, 6.45) is 14.1. The molecule has 3 heterocycles. The number of rotatable bonds is 3. The van der Waals surface area contributed by atoms with Crippen molar-refractivity contribution in [1.29, 1.82) is 0 Å². The first-order valence-corrected chi connectivity index (χ1v) is 10.9. The zero-order chi connectivity index (χ0) is 18.3. The molecule has 1 saturated heterocycles. The predicted molar refractivity (Wildman–Crippen MR) is 111 cm³/mol. The Kier molecular flexibility index (Phi) is 4.52. The van der Waals surface area contributed by atoms with E-state index in [-0.39, 0.29) is 0 Å². The van der Waals surface area contributed by atoms with Gasteiger partial charge in [-0.2, -0.15) is 0 Å². The number of hydrogen-bond donors (Lipinski definition) is 0. The number of nitrogens with zero attached hydrogens (tertiary/aromatic N) is 4. The van der Waals surface area contributed by atoms with Gasteiger partial charge < -0.3 is 4.90 Å². The first kappa shape index (κ1) is 17.4. The lowest BCUT2D eigenvalue weighted by molar-refractivity contribution is 0.225. The Hall–Kier alpha value is -1.72. The van der Waals surface area contributed by atoms with Crippen LogP contribution in [0.5, 0.6) is 0 Å². The molecule has 2 aliphatic rings. The van der Waals surface area contributed by atoms with Crippen molar-refractivity contribution in [1.82, 2.24) is 14.4 Å². The molecule has 27 heavy (non-hydrogen) atoms. The number of piperidine rings is 1. The highest BCUT2D eigenvalue weighted by molar-refractivity contribution is 7.99. The number of hydrogen-bond acceptors (Lipinski definition) is 4. The highest BCUT2D eigenvalue weighted by atomic mass is 35.5. The Morgan fingerprint density at radius 1 is 1.04 bits per heavy atom. The lowest BCUT2D eigenvalue weighted by atomic mass is 9.77. The van der Waals surface area contributed by atoms with Gasteiger partial charge in [-0.25, -0.2) is 9.97 Å². The average Bonchev–Trinajstić information content (AvgIpc) is 3.33. The third-order valence-electron chi connectivity index (χ3n) is 6.17. The van der Waals surface area contributed by atoms with Gasteiger partial charge in [0.05, 0.1) is 4.90 Å². The molecule has 0 radical (unpaired) electrons. The number of benzene rings is 1. The monoisotopic (exact) mass is 398 g/mol. The van der Waals surface area contributed by atoms with Crippen molar-refractivity contribution in [2.45, 2.75) is 48.3 Å². The molecule has 5 rings (SSSR count). The van der Waals surface area contributed by atoms with Gasteiger partial charge in [0.2, 0.25) is 5.95 Å². The number of fused-ring (bicyclic) bond motifs is 1. The first-order chi connectivity index (χ1) is 13.2. The van der Waals surface area contributed by atoms with Crippen LogP contribution in [0, 0.1) is 5.41 Å². The highest BCUT2D eigenvalue weighted by Gasteiger charge is 2.37. The molecule has 0 N–H and O–H groups in total. The van der Waals surface area contributed by atoms with E-state index in [2.05, 4.69) is 20.4 Å². The van der Waals surface area contributed by atoms with Crippen LogP contribution in [0.4, 0.5) is 5.95 Å². The van der Waals surface area contributed by atoms with Crippen molar-refractivity contribution < 1.29 is 0 Å². The van der Waals surface area contributed by atoms with E-state index in [4.69, 9.17) is 16.6 Å². The fraction of sp³-hybridized carbons (Fsp3) is 0.429. The van der Waals surface area contributed by atoms with Crippen LogP contribution in [0.15, 0.2) is 52.6 Å².